The van der Waals surface area contributed by atoms with E-state index in [9.17, 15) is 13.2 Å². The first-order chi connectivity index (χ1) is 6.61. The minimum atomic E-state index is -2.84. The molecule has 0 unspecified atom stereocenters. The predicted molar refractivity (Wildman–Crippen MR) is 47.7 cm³/mol. The molecule has 0 bridgehead atoms. The van der Waals surface area contributed by atoms with Crippen LogP contribution in [0, 0.1) is 5.82 Å². The molecule has 1 aromatic rings. The number of aromatic nitrogens is 1. The molecule has 1 aromatic heterocycles. The Labute approximate surface area is 86.9 Å². The van der Waals surface area contributed by atoms with Crippen molar-refractivity contribution in [2.45, 2.75) is 18.4 Å². The summed E-state index contributed by atoms with van der Waals surface area (Å²) in [5.41, 5.74) is -0.862. The van der Waals surface area contributed by atoms with Crippen molar-refractivity contribution in [2.24, 2.45) is 0 Å². The van der Waals surface area contributed by atoms with E-state index in [4.69, 9.17) is 5.11 Å². The molecule has 0 atom stereocenters. The van der Waals surface area contributed by atoms with Crippen LogP contribution in [0.4, 0.5) is 13.2 Å². The van der Waals surface area contributed by atoms with Gasteiger partial charge in [-0.25, -0.2) is 13.2 Å². The third-order valence-electron chi connectivity index (χ3n) is 1.76. The van der Waals surface area contributed by atoms with Gasteiger partial charge in [0, 0.05) is 16.5 Å². The van der Waals surface area contributed by atoms with Gasteiger partial charge in [0.1, 0.15) is 5.82 Å². The lowest BCUT2D eigenvalue weighted by atomic mass is 10.1. The lowest BCUT2D eigenvalue weighted by Crippen LogP contribution is -2.05. The van der Waals surface area contributed by atoms with Crippen molar-refractivity contribution in [2.75, 3.05) is 0 Å². The van der Waals surface area contributed by atoms with E-state index in [-0.39, 0.29) is 16.6 Å². The van der Waals surface area contributed by atoms with Crippen LogP contribution in [0.25, 0.3) is 0 Å². The molecule has 0 aliphatic carbocycles. The van der Waals surface area contributed by atoms with Crippen LogP contribution in [0.5, 0.6) is 0 Å². The smallest absolute Gasteiger partial charge is 0.266 e. The fraction of sp³-hybridized carbons (Fsp3) is 0.375. The predicted octanol–water partition coefficient (Wildman–Crippen LogP) is 2.55. The van der Waals surface area contributed by atoms with E-state index in [1.54, 1.807) is 0 Å². The topological polar surface area (TPSA) is 33.1 Å². The first-order valence-corrected chi connectivity index (χ1v) is 4.85. The number of nitrogens with zero attached hydrogens (tertiary/aromatic N) is 1. The van der Waals surface area contributed by atoms with Gasteiger partial charge >= 0.3 is 0 Å². The Morgan fingerprint density at radius 2 is 2.14 bits per heavy atom. The maximum Gasteiger partial charge on any atom is 0.266 e. The second-order valence-corrected chi connectivity index (χ2v) is 3.10. The summed E-state index contributed by atoms with van der Waals surface area (Å²) in [6.45, 7) is -0.625. The summed E-state index contributed by atoms with van der Waals surface area (Å²) in [5.74, 6) is -0.797. The van der Waals surface area contributed by atoms with Crippen LogP contribution in [-0.2, 0) is 11.9 Å². The highest BCUT2D eigenvalue weighted by Crippen LogP contribution is 2.28. The summed E-state index contributed by atoms with van der Waals surface area (Å²) in [4.78, 5) is 3.40. The molecular weight excluding hydrogens is 263 g/mol. The summed E-state index contributed by atoms with van der Waals surface area (Å²) < 4.78 is 38.0. The molecule has 0 aliphatic heterocycles. The summed E-state index contributed by atoms with van der Waals surface area (Å²) in [6.07, 6.45) is -2.01. The van der Waals surface area contributed by atoms with E-state index in [0.29, 0.717) is 0 Å². The monoisotopic (exact) mass is 269 g/mol. The number of hydrogen-bond acceptors (Lipinski definition) is 2. The molecule has 1 heterocycles. The Balaban J connectivity index is 3.36. The second-order valence-electron chi connectivity index (χ2n) is 2.54. The van der Waals surface area contributed by atoms with Gasteiger partial charge in [-0.15, -0.1) is 0 Å². The maximum absolute atomic E-state index is 13.0. The maximum atomic E-state index is 13.0. The Hall–Kier alpha value is -0.620. The first kappa shape index (κ1) is 11.5. The molecule has 0 saturated carbocycles. The molecular formula is C8H7BrF3NO. The highest BCUT2D eigenvalue weighted by atomic mass is 79.9. The van der Waals surface area contributed by atoms with Crippen molar-refractivity contribution in [1.82, 2.24) is 4.98 Å². The summed E-state index contributed by atoms with van der Waals surface area (Å²) in [6, 6.07) is 0. The minimum absolute atomic E-state index is 0.0337. The van der Waals surface area contributed by atoms with Crippen LogP contribution in [0.2, 0.25) is 0 Å². The number of halogens is 4. The Kier molecular flexibility index (Phi) is 3.88. The highest BCUT2D eigenvalue weighted by molar-refractivity contribution is 9.08. The molecule has 0 aromatic carbocycles. The average molecular weight is 270 g/mol. The lowest BCUT2D eigenvalue weighted by Gasteiger charge is -2.10. The van der Waals surface area contributed by atoms with Crippen molar-refractivity contribution in [1.29, 1.82) is 0 Å². The third kappa shape index (κ3) is 2.06. The van der Waals surface area contributed by atoms with Gasteiger partial charge in [0.05, 0.1) is 18.5 Å². The van der Waals surface area contributed by atoms with Gasteiger partial charge in [-0.2, -0.15) is 0 Å². The molecule has 78 valence electrons. The lowest BCUT2D eigenvalue weighted by molar-refractivity contribution is 0.144. The SMILES string of the molecule is OCc1ncc(F)c(CBr)c1C(F)F. The van der Waals surface area contributed by atoms with E-state index < -0.39 is 24.4 Å². The van der Waals surface area contributed by atoms with Crippen LogP contribution >= 0.6 is 15.9 Å². The minimum Gasteiger partial charge on any atom is -0.390 e. The zero-order chi connectivity index (χ0) is 10.7. The fourth-order valence-electron chi connectivity index (χ4n) is 1.10. The van der Waals surface area contributed by atoms with Gasteiger partial charge in [-0.05, 0) is 0 Å². The van der Waals surface area contributed by atoms with Gasteiger partial charge in [0.2, 0.25) is 0 Å². The van der Waals surface area contributed by atoms with Crippen LogP contribution in [0.3, 0.4) is 0 Å². The molecule has 1 rings (SSSR count). The van der Waals surface area contributed by atoms with E-state index in [1.165, 1.54) is 0 Å². The van der Waals surface area contributed by atoms with Gasteiger partial charge in [0.25, 0.3) is 6.43 Å². The quantitative estimate of drug-likeness (QED) is 0.856. The van der Waals surface area contributed by atoms with Gasteiger partial charge < -0.3 is 5.11 Å². The number of pyridine rings is 1. The molecule has 0 saturated heterocycles. The zero-order valence-electron chi connectivity index (χ0n) is 6.98. The van der Waals surface area contributed by atoms with Crippen LogP contribution in [0.1, 0.15) is 23.2 Å². The summed E-state index contributed by atoms with van der Waals surface area (Å²) in [5, 5.41) is 8.71. The zero-order valence-corrected chi connectivity index (χ0v) is 8.56. The molecule has 0 amide bonds. The van der Waals surface area contributed by atoms with Crippen molar-refractivity contribution in [3.05, 3.63) is 28.8 Å². The number of alkyl halides is 3. The van der Waals surface area contributed by atoms with Gasteiger partial charge in [0.15, 0.2) is 0 Å². The van der Waals surface area contributed by atoms with Crippen molar-refractivity contribution in [3.8, 4) is 0 Å². The third-order valence-corrected chi connectivity index (χ3v) is 2.32. The molecule has 6 heteroatoms. The van der Waals surface area contributed by atoms with Crippen LogP contribution < -0.4 is 0 Å². The largest absolute Gasteiger partial charge is 0.390 e. The fourth-order valence-corrected chi connectivity index (χ4v) is 1.67. The molecule has 0 spiro atoms. The average Bonchev–Trinajstić information content (AvgIpc) is 2.17. The molecule has 0 aliphatic rings. The number of aliphatic hydroxyl groups excluding tert-OH is 1. The normalized spacial score (nSPS) is 11.0. The van der Waals surface area contributed by atoms with E-state index in [0.717, 1.165) is 6.20 Å². The first-order valence-electron chi connectivity index (χ1n) is 3.73. The number of rotatable bonds is 3. The Morgan fingerprint density at radius 3 is 2.57 bits per heavy atom. The number of aliphatic hydroxyl groups is 1. The van der Waals surface area contributed by atoms with Gasteiger partial charge in [-0.3, -0.25) is 4.98 Å². The molecule has 14 heavy (non-hydrogen) atoms. The molecule has 0 fully saturated rings. The Bertz CT molecular complexity index is 333. The highest BCUT2D eigenvalue weighted by Gasteiger charge is 2.21. The van der Waals surface area contributed by atoms with Crippen molar-refractivity contribution in [3.63, 3.8) is 0 Å². The molecule has 0 radical (unpaired) electrons. The standard InChI is InChI=1S/C8H7BrF3NO/c9-1-4-5(10)2-13-6(3-14)7(4)8(11)12/h2,8,14H,1,3H2. The van der Waals surface area contributed by atoms with E-state index in [1.807, 2.05) is 0 Å². The van der Waals surface area contributed by atoms with E-state index in [2.05, 4.69) is 20.9 Å². The molecule has 1 N–H and O–H groups in total. The van der Waals surface area contributed by atoms with Crippen molar-refractivity contribution < 1.29 is 18.3 Å². The van der Waals surface area contributed by atoms with Crippen LogP contribution in [0.15, 0.2) is 6.20 Å². The van der Waals surface area contributed by atoms with Crippen molar-refractivity contribution >= 4 is 15.9 Å². The summed E-state index contributed by atoms with van der Waals surface area (Å²) >= 11 is 2.91. The van der Waals surface area contributed by atoms with Gasteiger partial charge in [-0.1, -0.05) is 15.9 Å². The molecule has 2 nitrogen and oxygen atoms in total. The number of hydrogen-bond donors (Lipinski definition) is 1. The summed E-state index contributed by atoms with van der Waals surface area (Å²) in [7, 11) is 0. The van der Waals surface area contributed by atoms with Crippen LogP contribution in [-0.4, -0.2) is 10.1 Å². The Morgan fingerprint density at radius 1 is 1.50 bits per heavy atom. The van der Waals surface area contributed by atoms with E-state index >= 15 is 0 Å². The second kappa shape index (κ2) is 4.75.